The van der Waals surface area contributed by atoms with Crippen LogP contribution in [-0.2, 0) is 0 Å². The molecule has 5 heteroatoms. The fourth-order valence-electron chi connectivity index (χ4n) is 3.78. The maximum absolute atomic E-state index is 12.8. The molecule has 3 aromatic rings. The zero-order valence-electron chi connectivity index (χ0n) is 15.0. The Balaban J connectivity index is 1.51. The van der Waals surface area contributed by atoms with Crippen LogP contribution in [0.15, 0.2) is 46.2 Å². The van der Waals surface area contributed by atoms with Crippen LogP contribution in [0.1, 0.15) is 46.3 Å². The predicted molar refractivity (Wildman–Crippen MR) is 106 cm³/mol. The third kappa shape index (κ3) is 3.41. The number of nitrogens with one attached hydrogen (secondary N) is 1. The molecule has 0 unspecified atom stereocenters. The van der Waals surface area contributed by atoms with Crippen LogP contribution in [0.4, 0.5) is 0 Å². The molecule has 1 aromatic carbocycles. The fourth-order valence-corrected chi connectivity index (χ4v) is 4.64. The van der Waals surface area contributed by atoms with Gasteiger partial charge in [0.1, 0.15) is 5.58 Å². The van der Waals surface area contributed by atoms with Crippen molar-refractivity contribution in [2.24, 2.45) is 0 Å². The maximum atomic E-state index is 12.8. The summed E-state index contributed by atoms with van der Waals surface area (Å²) in [6.07, 6.45) is 3.77. The van der Waals surface area contributed by atoms with E-state index in [0.717, 1.165) is 29.6 Å². The monoisotopic (exact) mass is 368 g/mol. The lowest BCUT2D eigenvalue weighted by molar-refractivity contribution is 0.0899. The summed E-state index contributed by atoms with van der Waals surface area (Å²) in [5.41, 5.74) is 1.67. The van der Waals surface area contributed by atoms with Gasteiger partial charge in [0.05, 0.1) is 6.04 Å². The van der Waals surface area contributed by atoms with Crippen LogP contribution in [0.25, 0.3) is 11.0 Å². The normalized spacial score (nSPS) is 16.7. The van der Waals surface area contributed by atoms with Crippen molar-refractivity contribution < 1.29 is 9.21 Å². The number of thiophene rings is 1. The molecule has 0 saturated carbocycles. The Labute approximate surface area is 157 Å². The lowest BCUT2D eigenvalue weighted by Crippen LogP contribution is -2.40. The number of hydrogen-bond acceptors (Lipinski definition) is 4. The molecule has 26 heavy (non-hydrogen) atoms. The number of carbonyl (C=O) groups is 1. The molecule has 1 aliphatic rings. The summed E-state index contributed by atoms with van der Waals surface area (Å²) in [4.78, 5) is 16.6. The van der Waals surface area contributed by atoms with Gasteiger partial charge in [-0.2, -0.15) is 0 Å². The molecule has 4 rings (SSSR count). The summed E-state index contributed by atoms with van der Waals surface area (Å²) in [7, 11) is 0. The van der Waals surface area contributed by atoms with Crippen LogP contribution in [-0.4, -0.2) is 30.4 Å². The molecule has 3 heterocycles. The molecular formula is C21H24N2O2S. The van der Waals surface area contributed by atoms with Crippen molar-refractivity contribution in [3.8, 4) is 0 Å². The molecule has 0 bridgehead atoms. The number of aryl methyl sites for hydroxylation is 1. The molecule has 1 atom stereocenters. The van der Waals surface area contributed by atoms with E-state index in [1.165, 1.54) is 24.1 Å². The van der Waals surface area contributed by atoms with Crippen LogP contribution in [0.5, 0.6) is 0 Å². The van der Waals surface area contributed by atoms with Gasteiger partial charge in [0, 0.05) is 22.4 Å². The van der Waals surface area contributed by atoms with Gasteiger partial charge in [-0.3, -0.25) is 9.69 Å². The molecule has 1 aliphatic heterocycles. The van der Waals surface area contributed by atoms with Crippen molar-refractivity contribution in [2.45, 2.75) is 32.2 Å². The van der Waals surface area contributed by atoms with E-state index in [9.17, 15) is 4.79 Å². The van der Waals surface area contributed by atoms with E-state index in [0.29, 0.717) is 12.3 Å². The second-order valence-electron chi connectivity index (χ2n) is 6.89. The number of carbonyl (C=O) groups excluding carboxylic acids is 1. The van der Waals surface area contributed by atoms with E-state index in [2.05, 4.69) is 27.7 Å². The third-order valence-corrected chi connectivity index (χ3v) is 6.18. The lowest BCUT2D eigenvalue weighted by Gasteiger charge is -2.34. The van der Waals surface area contributed by atoms with Gasteiger partial charge >= 0.3 is 0 Å². The topological polar surface area (TPSA) is 45.5 Å². The highest BCUT2D eigenvalue weighted by molar-refractivity contribution is 7.10. The summed E-state index contributed by atoms with van der Waals surface area (Å²) in [6, 6.07) is 12.3. The Hall–Kier alpha value is -2.11. The summed E-state index contributed by atoms with van der Waals surface area (Å²) in [5.74, 6) is 0.298. The first-order chi connectivity index (χ1) is 12.7. The predicted octanol–water partition coefficient (Wildman–Crippen LogP) is 4.76. The van der Waals surface area contributed by atoms with Crippen LogP contribution < -0.4 is 5.32 Å². The number of fused-ring (bicyclic) bond motifs is 1. The van der Waals surface area contributed by atoms with E-state index >= 15 is 0 Å². The number of nitrogens with zero attached hydrogens (tertiary/aromatic N) is 1. The average Bonchev–Trinajstić information content (AvgIpc) is 3.32. The summed E-state index contributed by atoms with van der Waals surface area (Å²) in [6.45, 7) is 4.75. The van der Waals surface area contributed by atoms with Crippen molar-refractivity contribution in [1.29, 1.82) is 0 Å². The number of likely N-dealkylation sites (tertiary alicyclic amines) is 1. The highest BCUT2D eigenvalue weighted by Gasteiger charge is 2.25. The number of benzene rings is 1. The smallest absolute Gasteiger partial charge is 0.287 e. The van der Waals surface area contributed by atoms with Crippen LogP contribution in [0.3, 0.4) is 0 Å². The summed E-state index contributed by atoms with van der Waals surface area (Å²) in [5, 5.41) is 6.23. The first-order valence-corrected chi connectivity index (χ1v) is 10.2. The van der Waals surface area contributed by atoms with Gasteiger partial charge in [0.15, 0.2) is 5.76 Å². The maximum Gasteiger partial charge on any atom is 0.287 e. The Bertz CT molecular complexity index is 879. The first-order valence-electron chi connectivity index (χ1n) is 9.28. The van der Waals surface area contributed by atoms with E-state index in [4.69, 9.17) is 4.42 Å². The van der Waals surface area contributed by atoms with Gasteiger partial charge in [-0.05, 0) is 50.4 Å². The minimum atomic E-state index is -0.128. The number of para-hydroxylation sites is 1. The van der Waals surface area contributed by atoms with Gasteiger partial charge in [-0.15, -0.1) is 11.3 Å². The SMILES string of the molecule is Cc1c(C(=O)NC[C@H](c2cccs2)N2CCCCC2)oc2ccccc12. The highest BCUT2D eigenvalue weighted by Crippen LogP contribution is 2.28. The largest absolute Gasteiger partial charge is 0.451 e. The molecular weight excluding hydrogens is 344 g/mol. The fraction of sp³-hybridized carbons (Fsp3) is 0.381. The van der Waals surface area contributed by atoms with Gasteiger partial charge in [-0.1, -0.05) is 30.7 Å². The number of rotatable bonds is 5. The zero-order valence-corrected chi connectivity index (χ0v) is 15.8. The molecule has 136 valence electrons. The van der Waals surface area contributed by atoms with Gasteiger partial charge in [-0.25, -0.2) is 0 Å². The number of hydrogen-bond donors (Lipinski definition) is 1. The first kappa shape index (κ1) is 17.3. The van der Waals surface area contributed by atoms with E-state index in [1.807, 2.05) is 31.2 Å². The zero-order chi connectivity index (χ0) is 17.9. The van der Waals surface area contributed by atoms with Crippen LogP contribution in [0.2, 0.25) is 0 Å². The number of piperidine rings is 1. The Morgan fingerprint density at radius 3 is 2.73 bits per heavy atom. The molecule has 0 aliphatic carbocycles. The molecule has 1 N–H and O–H groups in total. The van der Waals surface area contributed by atoms with Gasteiger partial charge in [0.25, 0.3) is 5.91 Å². The lowest BCUT2D eigenvalue weighted by atomic mass is 10.1. The standard InChI is InChI=1S/C21H24N2O2S/c1-15-16-8-3-4-9-18(16)25-20(15)21(24)22-14-17(19-10-7-13-26-19)23-11-5-2-6-12-23/h3-4,7-10,13,17H,2,5-6,11-12,14H2,1H3,(H,22,24)/t17-/m1/s1. The van der Waals surface area contributed by atoms with Crippen molar-refractivity contribution >= 4 is 28.2 Å². The molecule has 2 aromatic heterocycles. The minimum absolute atomic E-state index is 0.128. The third-order valence-electron chi connectivity index (χ3n) is 5.21. The van der Waals surface area contributed by atoms with Crippen molar-refractivity contribution in [1.82, 2.24) is 10.2 Å². The number of amides is 1. The molecule has 1 fully saturated rings. The second-order valence-corrected chi connectivity index (χ2v) is 7.87. The van der Waals surface area contributed by atoms with Crippen molar-refractivity contribution in [2.75, 3.05) is 19.6 Å². The molecule has 1 saturated heterocycles. The molecule has 1 amide bonds. The van der Waals surface area contributed by atoms with Crippen molar-refractivity contribution in [3.63, 3.8) is 0 Å². The van der Waals surface area contributed by atoms with E-state index in [1.54, 1.807) is 11.3 Å². The van der Waals surface area contributed by atoms with Gasteiger partial charge < -0.3 is 9.73 Å². The molecule has 4 nitrogen and oxygen atoms in total. The van der Waals surface area contributed by atoms with Gasteiger partial charge in [0.2, 0.25) is 0 Å². The van der Waals surface area contributed by atoms with E-state index < -0.39 is 0 Å². The highest BCUT2D eigenvalue weighted by atomic mass is 32.1. The summed E-state index contributed by atoms with van der Waals surface area (Å²) >= 11 is 1.76. The quantitative estimate of drug-likeness (QED) is 0.706. The second kappa shape index (κ2) is 7.64. The Kier molecular flexibility index (Phi) is 5.09. The number of furan rings is 1. The minimum Gasteiger partial charge on any atom is -0.451 e. The Morgan fingerprint density at radius 2 is 2.00 bits per heavy atom. The van der Waals surface area contributed by atoms with Crippen LogP contribution in [0, 0.1) is 6.92 Å². The summed E-state index contributed by atoms with van der Waals surface area (Å²) < 4.78 is 5.81. The molecule has 0 radical (unpaired) electrons. The van der Waals surface area contributed by atoms with E-state index in [-0.39, 0.29) is 11.9 Å². The molecule has 0 spiro atoms. The Morgan fingerprint density at radius 1 is 1.19 bits per heavy atom. The van der Waals surface area contributed by atoms with Crippen molar-refractivity contribution in [3.05, 3.63) is 58.0 Å². The average molecular weight is 369 g/mol. The van der Waals surface area contributed by atoms with Crippen LogP contribution >= 0.6 is 11.3 Å².